The third-order valence-electron chi connectivity index (χ3n) is 4.62. The molecule has 1 atom stereocenters. The number of carbonyl (C=O) groups excluding carboxylic acids is 3. The first kappa shape index (κ1) is 18.6. The van der Waals surface area contributed by atoms with E-state index in [1.807, 2.05) is 24.3 Å². The normalized spacial score (nSPS) is 16.3. The summed E-state index contributed by atoms with van der Waals surface area (Å²) in [6, 6.07) is 15.8. The number of ketones is 1. The molecule has 3 rings (SSSR count). The van der Waals surface area contributed by atoms with Crippen LogP contribution in [0.2, 0.25) is 0 Å². The molecular weight excluding hydrogens is 344 g/mol. The second-order valence-corrected chi connectivity index (χ2v) is 6.51. The minimum absolute atomic E-state index is 0.0130. The minimum atomic E-state index is -0.670. The fraction of sp³-hybridized carbons (Fsp3) is 0.286. The molecule has 0 spiro atoms. The molecule has 0 radical (unpaired) electrons. The average Bonchev–Trinajstić information content (AvgIpc) is 3.05. The molecule has 0 saturated carbocycles. The number of hydrogen-bond acceptors (Lipinski definition) is 4. The molecule has 6 nitrogen and oxygen atoms in total. The van der Waals surface area contributed by atoms with E-state index >= 15 is 0 Å². The third kappa shape index (κ3) is 4.73. The lowest BCUT2D eigenvalue weighted by molar-refractivity contribution is -0.127. The van der Waals surface area contributed by atoms with Crippen LogP contribution in [0, 0.1) is 0 Å². The van der Waals surface area contributed by atoms with Crippen molar-refractivity contribution in [3.8, 4) is 5.75 Å². The molecule has 1 aliphatic heterocycles. The zero-order chi connectivity index (χ0) is 19.2. The van der Waals surface area contributed by atoms with E-state index in [-0.39, 0.29) is 18.4 Å². The summed E-state index contributed by atoms with van der Waals surface area (Å²) >= 11 is 0. The van der Waals surface area contributed by atoms with Crippen LogP contribution in [0.5, 0.6) is 5.75 Å². The van der Waals surface area contributed by atoms with Crippen molar-refractivity contribution in [2.45, 2.75) is 18.9 Å². The van der Waals surface area contributed by atoms with Gasteiger partial charge in [-0.1, -0.05) is 42.5 Å². The molecule has 0 unspecified atom stereocenters. The number of ether oxygens (including phenoxy) is 1. The maximum absolute atomic E-state index is 12.2. The SMILES string of the molecule is COc1ccc(CCN2C[C@H](NC(=O)C(=O)c3ccccc3)CC2=O)cc1. The highest BCUT2D eigenvalue weighted by Crippen LogP contribution is 2.15. The fourth-order valence-corrected chi connectivity index (χ4v) is 3.11. The molecule has 2 aromatic rings. The Bertz CT molecular complexity index is 818. The molecule has 1 heterocycles. The van der Waals surface area contributed by atoms with Crippen molar-refractivity contribution < 1.29 is 19.1 Å². The van der Waals surface area contributed by atoms with Gasteiger partial charge in [0.1, 0.15) is 5.75 Å². The van der Waals surface area contributed by atoms with Crippen LogP contribution < -0.4 is 10.1 Å². The predicted octanol–water partition coefficient (Wildman–Crippen LogP) is 1.84. The molecule has 1 N–H and O–H groups in total. The smallest absolute Gasteiger partial charge is 0.292 e. The molecule has 1 fully saturated rings. The van der Waals surface area contributed by atoms with Gasteiger partial charge < -0.3 is 15.0 Å². The van der Waals surface area contributed by atoms with E-state index in [9.17, 15) is 14.4 Å². The number of likely N-dealkylation sites (tertiary alicyclic amines) is 1. The van der Waals surface area contributed by atoms with Crippen molar-refractivity contribution in [2.24, 2.45) is 0 Å². The lowest BCUT2D eigenvalue weighted by Gasteiger charge is -2.17. The summed E-state index contributed by atoms with van der Waals surface area (Å²) in [6.45, 7) is 0.993. The lowest BCUT2D eigenvalue weighted by atomic mass is 10.1. The summed E-state index contributed by atoms with van der Waals surface area (Å²) in [5, 5.41) is 2.68. The van der Waals surface area contributed by atoms with Crippen molar-refractivity contribution in [3.05, 3.63) is 65.7 Å². The molecular formula is C21H22N2O4. The molecule has 2 amide bonds. The average molecular weight is 366 g/mol. The highest BCUT2D eigenvalue weighted by molar-refractivity contribution is 6.42. The molecule has 0 aromatic heterocycles. The number of hydrogen-bond donors (Lipinski definition) is 1. The van der Waals surface area contributed by atoms with Crippen molar-refractivity contribution in [2.75, 3.05) is 20.2 Å². The van der Waals surface area contributed by atoms with E-state index in [1.54, 1.807) is 42.3 Å². The molecule has 2 aromatic carbocycles. The molecule has 0 bridgehead atoms. The van der Waals surface area contributed by atoms with E-state index < -0.39 is 11.7 Å². The topological polar surface area (TPSA) is 75.7 Å². The van der Waals surface area contributed by atoms with E-state index in [2.05, 4.69) is 5.32 Å². The predicted molar refractivity (Wildman–Crippen MR) is 101 cm³/mol. The number of rotatable bonds is 7. The van der Waals surface area contributed by atoms with Gasteiger partial charge in [0.2, 0.25) is 11.7 Å². The Morgan fingerprint density at radius 2 is 1.81 bits per heavy atom. The highest BCUT2D eigenvalue weighted by Gasteiger charge is 2.31. The van der Waals surface area contributed by atoms with Gasteiger partial charge in [-0.2, -0.15) is 0 Å². The maximum atomic E-state index is 12.2. The van der Waals surface area contributed by atoms with Crippen LogP contribution in [0.3, 0.4) is 0 Å². The van der Waals surface area contributed by atoms with Crippen molar-refractivity contribution in [1.29, 1.82) is 0 Å². The van der Waals surface area contributed by atoms with Gasteiger partial charge >= 0.3 is 0 Å². The number of nitrogens with one attached hydrogen (secondary N) is 1. The van der Waals surface area contributed by atoms with Crippen LogP contribution in [0.15, 0.2) is 54.6 Å². The van der Waals surface area contributed by atoms with Crippen LogP contribution in [0.25, 0.3) is 0 Å². The van der Waals surface area contributed by atoms with Gasteiger partial charge in [0.05, 0.1) is 13.2 Å². The standard InChI is InChI=1S/C21H22N2O4/c1-27-18-9-7-15(8-10-18)11-12-23-14-17(13-19(23)24)22-21(26)20(25)16-5-3-2-4-6-16/h2-10,17H,11-14H2,1H3,(H,22,26)/t17-/m1/s1. The van der Waals surface area contributed by atoms with Crippen LogP contribution in [0.1, 0.15) is 22.3 Å². The second-order valence-electron chi connectivity index (χ2n) is 6.51. The first-order valence-corrected chi connectivity index (χ1v) is 8.88. The number of amides is 2. The highest BCUT2D eigenvalue weighted by atomic mass is 16.5. The zero-order valence-electron chi connectivity index (χ0n) is 15.2. The van der Waals surface area contributed by atoms with E-state index in [1.165, 1.54) is 0 Å². The second kappa shape index (κ2) is 8.49. The minimum Gasteiger partial charge on any atom is -0.497 e. The Morgan fingerprint density at radius 1 is 1.11 bits per heavy atom. The lowest BCUT2D eigenvalue weighted by Crippen LogP contribution is -2.41. The first-order chi connectivity index (χ1) is 13.1. The van der Waals surface area contributed by atoms with Crippen molar-refractivity contribution in [3.63, 3.8) is 0 Å². The van der Waals surface area contributed by atoms with Crippen molar-refractivity contribution in [1.82, 2.24) is 10.2 Å². The summed E-state index contributed by atoms with van der Waals surface area (Å²) in [4.78, 5) is 38.2. The third-order valence-corrected chi connectivity index (χ3v) is 4.62. The number of nitrogens with zero attached hydrogens (tertiary/aromatic N) is 1. The molecule has 0 aliphatic carbocycles. The molecule has 1 saturated heterocycles. The Hall–Kier alpha value is -3.15. The van der Waals surface area contributed by atoms with Crippen LogP contribution in [0.4, 0.5) is 0 Å². The summed E-state index contributed by atoms with van der Waals surface area (Å²) in [5.41, 5.74) is 1.45. The molecule has 6 heteroatoms. The number of Topliss-reactive ketones (excluding diaryl/α,β-unsaturated/α-hetero) is 1. The van der Waals surface area contributed by atoms with E-state index in [4.69, 9.17) is 4.74 Å². The van der Waals surface area contributed by atoms with Crippen LogP contribution in [-0.2, 0) is 16.0 Å². The van der Waals surface area contributed by atoms with Gasteiger partial charge in [-0.15, -0.1) is 0 Å². The van der Waals surface area contributed by atoms with Gasteiger partial charge in [0.15, 0.2) is 0 Å². The maximum Gasteiger partial charge on any atom is 0.292 e. The van der Waals surface area contributed by atoms with Crippen LogP contribution in [-0.4, -0.2) is 48.7 Å². The number of methoxy groups -OCH3 is 1. The molecule has 27 heavy (non-hydrogen) atoms. The van der Waals surface area contributed by atoms with Gasteiger partial charge in [-0.05, 0) is 24.1 Å². The summed E-state index contributed by atoms with van der Waals surface area (Å²) in [6.07, 6.45) is 0.940. The molecule has 140 valence electrons. The van der Waals surface area contributed by atoms with Gasteiger partial charge in [-0.3, -0.25) is 14.4 Å². The van der Waals surface area contributed by atoms with E-state index in [0.29, 0.717) is 18.7 Å². The first-order valence-electron chi connectivity index (χ1n) is 8.88. The van der Waals surface area contributed by atoms with Crippen LogP contribution >= 0.6 is 0 Å². The number of benzene rings is 2. The zero-order valence-corrected chi connectivity index (χ0v) is 15.2. The summed E-state index contributed by atoms with van der Waals surface area (Å²) in [7, 11) is 1.62. The number of carbonyl (C=O) groups is 3. The largest absolute Gasteiger partial charge is 0.497 e. The summed E-state index contributed by atoms with van der Waals surface area (Å²) in [5.74, 6) is -0.474. The van der Waals surface area contributed by atoms with Gasteiger partial charge in [0, 0.05) is 25.1 Å². The quantitative estimate of drug-likeness (QED) is 0.599. The Balaban J connectivity index is 1.50. The Kier molecular flexibility index (Phi) is 5.86. The van der Waals surface area contributed by atoms with Gasteiger partial charge in [0.25, 0.3) is 5.91 Å². The monoisotopic (exact) mass is 366 g/mol. The molecule has 1 aliphatic rings. The van der Waals surface area contributed by atoms with E-state index in [0.717, 1.165) is 17.7 Å². The Morgan fingerprint density at radius 3 is 2.48 bits per heavy atom. The van der Waals surface area contributed by atoms with Gasteiger partial charge in [-0.25, -0.2) is 0 Å². The fourth-order valence-electron chi connectivity index (χ4n) is 3.11. The van der Waals surface area contributed by atoms with Crippen molar-refractivity contribution >= 4 is 17.6 Å². The summed E-state index contributed by atoms with van der Waals surface area (Å²) < 4.78 is 5.13. The Labute approximate surface area is 158 Å².